The lowest BCUT2D eigenvalue weighted by atomic mass is 10.0. The van der Waals surface area contributed by atoms with Crippen LogP contribution in [0.3, 0.4) is 0 Å². The highest BCUT2D eigenvalue weighted by atomic mass is 35.5. The van der Waals surface area contributed by atoms with Crippen LogP contribution in [0.4, 0.5) is 0 Å². The average Bonchev–Trinajstić information content (AvgIpc) is 2.80. The van der Waals surface area contributed by atoms with Crippen molar-refractivity contribution in [2.24, 2.45) is 0 Å². The van der Waals surface area contributed by atoms with Gasteiger partial charge < -0.3 is 15.2 Å². The molecule has 3 aromatic carbocycles. The van der Waals surface area contributed by atoms with Crippen LogP contribution in [0, 0.1) is 0 Å². The van der Waals surface area contributed by atoms with Crippen molar-refractivity contribution >= 4 is 35.1 Å². The van der Waals surface area contributed by atoms with E-state index in [1.54, 1.807) is 24.3 Å². The summed E-state index contributed by atoms with van der Waals surface area (Å²) in [7, 11) is 0. The highest BCUT2D eigenvalue weighted by Gasteiger charge is 2.13. The number of aromatic carboxylic acids is 1. The first-order valence-corrected chi connectivity index (χ1v) is 11.5. The SMILES string of the molecule is CCCCOc1ccc(Cl)cc1C(=O)NCCc1ccc(-c2ccc(C(=O)O)cc2Cl)cc1. The third-order valence-corrected chi connectivity index (χ3v) is 5.67. The van der Waals surface area contributed by atoms with E-state index in [-0.39, 0.29) is 11.5 Å². The summed E-state index contributed by atoms with van der Waals surface area (Å²) in [5.41, 5.74) is 3.27. The maximum Gasteiger partial charge on any atom is 0.335 e. The van der Waals surface area contributed by atoms with Crippen LogP contribution in [-0.4, -0.2) is 30.1 Å². The highest BCUT2D eigenvalue weighted by Crippen LogP contribution is 2.29. The lowest BCUT2D eigenvalue weighted by Gasteiger charge is -2.12. The van der Waals surface area contributed by atoms with Gasteiger partial charge in [-0.2, -0.15) is 0 Å². The Morgan fingerprint density at radius 3 is 2.42 bits per heavy atom. The van der Waals surface area contributed by atoms with Crippen LogP contribution in [0.5, 0.6) is 5.75 Å². The van der Waals surface area contributed by atoms with Gasteiger partial charge in [-0.15, -0.1) is 0 Å². The van der Waals surface area contributed by atoms with E-state index in [0.29, 0.717) is 40.9 Å². The van der Waals surface area contributed by atoms with Gasteiger partial charge in [-0.1, -0.05) is 66.9 Å². The van der Waals surface area contributed by atoms with Gasteiger partial charge in [-0.3, -0.25) is 4.79 Å². The van der Waals surface area contributed by atoms with Crippen LogP contribution in [0.25, 0.3) is 11.1 Å². The Kier molecular flexibility index (Phi) is 8.75. The van der Waals surface area contributed by atoms with Crippen LogP contribution in [0.15, 0.2) is 60.7 Å². The Morgan fingerprint density at radius 1 is 1.00 bits per heavy atom. The summed E-state index contributed by atoms with van der Waals surface area (Å²) < 4.78 is 5.74. The van der Waals surface area contributed by atoms with Gasteiger partial charge in [0.2, 0.25) is 0 Å². The molecule has 5 nitrogen and oxygen atoms in total. The first kappa shape index (κ1) is 24.6. The number of carboxylic acid groups (broad SMARTS) is 1. The average molecular weight is 486 g/mol. The zero-order chi connectivity index (χ0) is 23.8. The third kappa shape index (κ3) is 6.73. The molecule has 7 heteroatoms. The van der Waals surface area contributed by atoms with Crippen molar-refractivity contribution in [3.8, 4) is 16.9 Å². The van der Waals surface area contributed by atoms with E-state index < -0.39 is 5.97 Å². The Bertz CT molecular complexity index is 1130. The molecule has 2 N–H and O–H groups in total. The highest BCUT2D eigenvalue weighted by molar-refractivity contribution is 6.33. The van der Waals surface area contributed by atoms with E-state index >= 15 is 0 Å². The Morgan fingerprint density at radius 2 is 1.76 bits per heavy atom. The molecule has 33 heavy (non-hydrogen) atoms. The number of hydrogen-bond acceptors (Lipinski definition) is 3. The number of amides is 1. The monoisotopic (exact) mass is 485 g/mol. The molecule has 0 heterocycles. The molecule has 0 saturated carbocycles. The Balaban J connectivity index is 1.60. The summed E-state index contributed by atoms with van der Waals surface area (Å²) >= 11 is 12.3. The van der Waals surface area contributed by atoms with Gasteiger partial charge in [-0.25, -0.2) is 4.79 Å². The van der Waals surface area contributed by atoms with Crippen molar-refractivity contribution in [2.75, 3.05) is 13.2 Å². The Hall–Kier alpha value is -3.02. The summed E-state index contributed by atoms with van der Waals surface area (Å²) in [5.74, 6) is -0.718. The molecular formula is C26H25Cl2NO4. The smallest absolute Gasteiger partial charge is 0.335 e. The molecule has 0 atom stereocenters. The standard InChI is InChI=1S/C26H25Cl2NO4/c1-2-3-14-33-24-11-9-20(27)16-22(24)25(30)29-13-12-17-4-6-18(7-5-17)21-10-8-19(26(31)32)15-23(21)28/h4-11,15-16H,2-3,12-14H2,1H3,(H,29,30)(H,31,32). The minimum Gasteiger partial charge on any atom is -0.493 e. The van der Waals surface area contributed by atoms with Gasteiger partial charge >= 0.3 is 5.97 Å². The van der Waals surface area contributed by atoms with Crippen LogP contribution in [0.2, 0.25) is 10.0 Å². The maximum atomic E-state index is 12.7. The van der Waals surface area contributed by atoms with Crippen molar-refractivity contribution in [1.29, 1.82) is 0 Å². The van der Waals surface area contributed by atoms with Crippen molar-refractivity contribution in [2.45, 2.75) is 26.2 Å². The number of carbonyl (C=O) groups excluding carboxylic acids is 1. The number of benzene rings is 3. The molecule has 3 aromatic rings. The summed E-state index contributed by atoms with van der Waals surface area (Å²) in [6.07, 6.45) is 2.56. The topological polar surface area (TPSA) is 75.6 Å². The fourth-order valence-corrected chi connectivity index (χ4v) is 3.74. The summed E-state index contributed by atoms with van der Waals surface area (Å²) in [5, 5.41) is 12.9. The van der Waals surface area contributed by atoms with E-state index in [0.717, 1.165) is 29.5 Å². The number of ether oxygens (including phenoxy) is 1. The van der Waals surface area contributed by atoms with Gasteiger partial charge in [0.25, 0.3) is 5.91 Å². The lowest BCUT2D eigenvalue weighted by Crippen LogP contribution is -2.26. The maximum absolute atomic E-state index is 12.7. The zero-order valence-electron chi connectivity index (χ0n) is 18.2. The molecule has 0 saturated heterocycles. The lowest BCUT2D eigenvalue weighted by molar-refractivity contribution is 0.0696. The van der Waals surface area contributed by atoms with Gasteiger partial charge in [0.05, 0.1) is 17.7 Å². The predicted molar refractivity (Wildman–Crippen MR) is 132 cm³/mol. The number of hydrogen-bond donors (Lipinski definition) is 2. The molecule has 1 amide bonds. The molecule has 0 aliphatic rings. The van der Waals surface area contributed by atoms with Crippen LogP contribution in [0.1, 0.15) is 46.0 Å². The van der Waals surface area contributed by atoms with E-state index in [2.05, 4.69) is 12.2 Å². The molecule has 0 radical (unpaired) electrons. The van der Waals surface area contributed by atoms with Crippen LogP contribution < -0.4 is 10.1 Å². The number of carbonyl (C=O) groups is 2. The third-order valence-electron chi connectivity index (χ3n) is 5.12. The predicted octanol–water partition coefficient (Wildman–Crippen LogP) is 6.51. The van der Waals surface area contributed by atoms with Gasteiger partial charge in [0.15, 0.2) is 0 Å². The van der Waals surface area contributed by atoms with Gasteiger partial charge in [-0.05, 0) is 54.3 Å². The molecule has 0 aliphatic heterocycles. The molecule has 0 unspecified atom stereocenters. The number of halogens is 2. The number of carboxylic acids is 1. The summed E-state index contributed by atoms with van der Waals surface area (Å²) in [6, 6.07) is 17.5. The molecule has 0 aromatic heterocycles. The molecule has 172 valence electrons. The van der Waals surface area contributed by atoms with E-state index in [1.165, 1.54) is 12.1 Å². The number of nitrogens with one attached hydrogen (secondary N) is 1. The normalized spacial score (nSPS) is 10.6. The molecular weight excluding hydrogens is 461 g/mol. The molecule has 0 fully saturated rings. The largest absolute Gasteiger partial charge is 0.493 e. The quantitative estimate of drug-likeness (QED) is 0.321. The minimum atomic E-state index is -1.02. The minimum absolute atomic E-state index is 0.148. The first-order chi connectivity index (χ1) is 15.9. The van der Waals surface area contributed by atoms with Gasteiger partial charge in [0.1, 0.15) is 5.75 Å². The summed E-state index contributed by atoms with van der Waals surface area (Å²) in [6.45, 7) is 3.08. The van der Waals surface area contributed by atoms with Crippen LogP contribution >= 0.6 is 23.2 Å². The van der Waals surface area contributed by atoms with E-state index in [1.807, 2.05) is 24.3 Å². The molecule has 3 rings (SSSR count). The van der Waals surface area contributed by atoms with Crippen LogP contribution in [-0.2, 0) is 6.42 Å². The fraction of sp³-hybridized carbons (Fsp3) is 0.231. The Labute approximate surface area is 203 Å². The first-order valence-electron chi connectivity index (χ1n) is 10.7. The van der Waals surface area contributed by atoms with Gasteiger partial charge in [0, 0.05) is 22.2 Å². The molecule has 0 bridgehead atoms. The zero-order valence-corrected chi connectivity index (χ0v) is 19.7. The van der Waals surface area contributed by atoms with E-state index in [9.17, 15) is 9.59 Å². The second-order valence-electron chi connectivity index (χ2n) is 7.55. The second-order valence-corrected chi connectivity index (χ2v) is 8.39. The molecule has 0 aliphatic carbocycles. The van der Waals surface area contributed by atoms with Crippen molar-refractivity contribution < 1.29 is 19.4 Å². The van der Waals surface area contributed by atoms with Crippen molar-refractivity contribution in [3.05, 3.63) is 87.4 Å². The summed E-state index contributed by atoms with van der Waals surface area (Å²) in [4.78, 5) is 23.8. The number of rotatable bonds is 10. The van der Waals surface area contributed by atoms with Crippen molar-refractivity contribution in [3.63, 3.8) is 0 Å². The second kappa shape index (κ2) is 11.7. The fourth-order valence-electron chi connectivity index (χ4n) is 3.28. The van der Waals surface area contributed by atoms with E-state index in [4.69, 9.17) is 33.0 Å². The van der Waals surface area contributed by atoms with Crippen molar-refractivity contribution in [1.82, 2.24) is 5.32 Å². The molecule has 0 spiro atoms. The number of unbranched alkanes of at least 4 members (excludes halogenated alkanes) is 1.